The molecular weight excluding hydrogens is 705 g/mol. The van der Waals surface area contributed by atoms with Crippen LogP contribution in [0.4, 0.5) is 34.1 Å². The van der Waals surface area contributed by atoms with Gasteiger partial charge in [0.25, 0.3) is 0 Å². The summed E-state index contributed by atoms with van der Waals surface area (Å²) in [6, 6.07) is 82.7. The molecule has 11 aromatic rings. The molecule has 9 aromatic carbocycles. The minimum absolute atomic E-state index is 1.09. The van der Waals surface area contributed by atoms with Crippen LogP contribution in [0.25, 0.3) is 55.0 Å². The molecule has 0 atom stereocenters. The summed E-state index contributed by atoms with van der Waals surface area (Å²) in [6.07, 6.45) is 0. The summed E-state index contributed by atoms with van der Waals surface area (Å²) < 4.78 is 4.97. The lowest BCUT2D eigenvalue weighted by atomic mass is 10.1. The molecule has 4 nitrogen and oxygen atoms in total. The van der Waals surface area contributed by atoms with Crippen LogP contribution in [0.1, 0.15) is 0 Å². The molecule has 0 radical (unpaired) electrons. The third-order valence-corrected chi connectivity index (χ3v) is 11.3. The first-order valence-electron chi connectivity index (χ1n) is 19.8. The largest absolute Gasteiger partial charge is 0.308 e. The molecule has 2 heterocycles. The molecule has 0 amide bonds. The fourth-order valence-corrected chi connectivity index (χ4v) is 8.87. The minimum atomic E-state index is 1.09. The highest BCUT2D eigenvalue weighted by Crippen LogP contribution is 2.47. The summed E-state index contributed by atoms with van der Waals surface area (Å²) in [6.45, 7) is 0. The SMILES string of the molecule is c1ccc(N(c2ccccc2)c2ccccc2-n2c3ccccc3c3c2ccc2c4ccccc4n(-c4ccccc4N(c4ccccc4)c4ccccc4)c23)cc1. The van der Waals surface area contributed by atoms with Crippen molar-refractivity contribution in [2.24, 2.45) is 0 Å². The second kappa shape index (κ2) is 14.0. The highest BCUT2D eigenvalue weighted by Gasteiger charge is 2.25. The molecule has 0 aliphatic carbocycles. The number of benzene rings is 9. The molecule has 0 saturated carbocycles. The van der Waals surface area contributed by atoms with Crippen LogP contribution in [0.15, 0.2) is 231 Å². The molecule has 2 aromatic heterocycles. The summed E-state index contributed by atoms with van der Waals surface area (Å²) >= 11 is 0. The summed E-state index contributed by atoms with van der Waals surface area (Å²) in [4.78, 5) is 4.74. The Hall–Kier alpha value is -7.82. The van der Waals surface area contributed by atoms with Crippen LogP contribution in [0, 0.1) is 0 Å². The van der Waals surface area contributed by atoms with Crippen molar-refractivity contribution < 1.29 is 0 Å². The maximum atomic E-state index is 2.50. The first-order chi connectivity index (χ1) is 28.8. The summed E-state index contributed by atoms with van der Waals surface area (Å²) in [5, 5.41) is 4.85. The van der Waals surface area contributed by atoms with Crippen LogP contribution >= 0.6 is 0 Å². The average molecular weight is 743 g/mol. The van der Waals surface area contributed by atoms with Gasteiger partial charge in [-0.1, -0.05) is 140 Å². The predicted octanol–water partition coefficient (Wildman–Crippen LogP) is 14.8. The summed E-state index contributed by atoms with van der Waals surface area (Å²) in [5.41, 5.74) is 13.4. The number of anilines is 6. The Morgan fingerprint density at radius 1 is 0.259 bits per heavy atom. The number of hydrogen-bond acceptors (Lipinski definition) is 2. The van der Waals surface area contributed by atoms with Gasteiger partial charge in [0.1, 0.15) is 0 Å². The van der Waals surface area contributed by atoms with Crippen molar-refractivity contribution in [3.05, 3.63) is 231 Å². The highest BCUT2D eigenvalue weighted by molar-refractivity contribution is 6.26. The smallest absolute Gasteiger partial charge is 0.0703 e. The molecule has 0 aliphatic heterocycles. The number of fused-ring (bicyclic) bond motifs is 7. The Bertz CT molecular complexity index is 3140. The third-order valence-electron chi connectivity index (χ3n) is 11.3. The molecule has 0 N–H and O–H groups in total. The second-order valence-electron chi connectivity index (χ2n) is 14.6. The fourth-order valence-electron chi connectivity index (χ4n) is 8.87. The van der Waals surface area contributed by atoms with Crippen molar-refractivity contribution in [1.82, 2.24) is 9.13 Å². The number of hydrogen-bond donors (Lipinski definition) is 0. The first kappa shape index (κ1) is 33.5. The van der Waals surface area contributed by atoms with Gasteiger partial charge in [0.05, 0.1) is 44.8 Å². The van der Waals surface area contributed by atoms with Gasteiger partial charge in [-0.2, -0.15) is 0 Å². The van der Waals surface area contributed by atoms with Gasteiger partial charge >= 0.3 is 0 Å². The molecule has 58 heavy (non-hydrogen) atoms. The van der Waals surface area contributed by atoms with Gasteiger partial charge in [-0.25, -0.2) is 0 Å². The van der Waals surface area contributed by atoms with E-state index in [1.54, 1.807) is 0 Å². The van der Waals surface area contributed by atoms with E-state index in [2.05, 4.69) is 249 Å². The van der Waals surface area contributed by atoms with Gasteiger partial charge in [0.2, 0.25) is 0 Å². The molecule has 0 bridgehead atoms. The van der Waals surface area contributed by atoms with Gasteiger partial charge in [0.15, 0.2) is 0 Å². The lowest BCUT2D eigenvalue weighted by Gasteiger charge is -2.28. The van der Waals surface area contributed by atoms with Crippen molar-refractivity contribution in [2.45, 2.75) is 0 Å². The number of aromatic nitrogens is 2. The van der Waals surface area contributed by atoms with Crippen molar-refractivity contribution in [1.29, 1.82) is 0 Å². The molecule has 274 valence electrons. The third kappa shape index (κ3) is 5.38. The quantitative estimate of drug-likeness (QED) is 0.154. The monoisotopic (exact) mass is 742 g/mol. The Morgan fingerprint density at radius 2 is 0.638 bits per heavy atom. The molecule has 0 spiro atoms. The standard InChI is InChI=1S/C54H38N4/c1-5-21-39(22-6-1)55(40-23-7-2-8-24-40)48-33-17-19-35-50(48)57-47-32-16-14-30-45(47)53-52(57)38-37-44-43-29-13-15-31-46(43)58(54(44)53)51-36-20-18-34-49(51)56(41-25-9-3-10-26-41)42-27-11-4-12-28-42/h1-38H. The van der Waals surface area contributed by atoms with E-state index in [1.807, 2.05) is 0 Å². The lowest BCUT2D eigenvalue weighted by molar-refractivity contribution is 1.14. The van der Waals surface area contributed by atoms with Gasteiger partial charge in [-0.15, -0.1) is 0 Å². The molecule has 4 heteroatoms. The highest BCUT2D eigenvalue weighted by atomic mass is 15.2. The minimum Gasteiger partial charge on any atom is -0.308 e. The van der Waals surface area contributed by atoms with Gasteiger partial charge in [-0.05, 0) is 91.0 Å². The van der Waals surface area contributed by atoms with Crippen molar-refractivity contribution >= 4 is 77.7 Å². The van der Waals surface area contributed by atoms with E-state index in [0.717, 1.165) is 62.0 Å². The van der Waals surface area contributed by atoms with Crippen LogP contribution in [0.5, 0.6) is 0 Å². The topological polar surface area (TPSA) is 16.3 Å². The van der Waals surface area contributed by atoms with Crippen LogP contribution in [-0.2, 0) is 0 Å². The van der Waals surface area contributed by atoms with E-state index < -0.39 is 0 Å². The van der Waals surface area contributed by atoms with E-state index in [-0.39, 0.29) is 0 Å². The molecule has 0 fully saturated rings. The average Bonchev–Trinajstić information content (AvgIpc) is 3.81. The maximum absolute atomic E-state index is 2.50. The normalized spacial score (nSPS) is 11.4. The Morgan fingerprint density at radius 3 is 1.14 bits per heavy atom. The summed E-state index contributed by atoms with van der Waals surface area (Å²) in [7, 11) is 0. The van der Waals surface area contributed by atoms with Crippen LogP contribution in [0.2, 0.25) is 0 Å². The zero-order valence-electron chi connectivity index (χ0n) is 31.7. The van der Waals surface area contributed by atoms with Crippen molar-refractivity contribution in [3.8, 4) is 11.4 Å². The number of para-hydroxylation sites is 10. The van der Waals surface area contributed by atoms with Gasteiger partial charge in [-0.3, -0.25) is 0 Å². The fraction of sp³-hybridized carbons (Fsp3) is 0. The van der Waals surface area contributed by atoms with Crippen LogP contribution in [-0.4, -0.2) is 9.13 Å². The van der Waals surface area contributed by atoms with Crippen molar-refractivity contribution in [3.63, 3.8) is 0 Å². The Kier molecular flexibility index (Phi) is 8.11. The maximum Gasteiger partial charge on any atom is 0.0703 e. The Balaban J connectivity index is 1.24. The van der Waals surface area contributed by atoms with Gasteiger partial charge < -0.3 is 18.9 Å². The van der Waals surface area contributed by atoms with Gasteiger partial charge in [0, 0.05) is 44.3 Å². The Labute approximate surface area is 337 Å². The van der Waals surface area contributed by atoms with Crippen molar-refractivity contribution in [2.75, 3.05) is 9.80 Å². The van der Waals surface area contributed by atoms with E-state index in [4.69, 9.17) is 0 Å². The molecule has 0 saturated heterocycles. The van der Waals surface area contributed by atoms with E-state index in [1.165, 1.54) is 27.1 Å². The molecule has 0 aliphatic rings. The first-order valence-corrected chi connectivity index (χ1v) is 19.8. The molecule has 0 unspecified atom stereocenters. The van der Waals surface area contributed by atoms with E-state index >= 15 is 0 Å². The number of rotatable bonds is 8. The number of nitrogens with zero attached hydrogens (tertiary/aromatic N) is 4. The van der Waals surface area contributed by atoms with E-state index in [0.29, 0.717) is 0 Å². The van der Waals surface area contributed by atoms with Crippen LogP contribution in [0.3, 0.4) is 0 Å². The van der Waals surface area contributed by atoms with E-state index in [9.17, 15) is 0 Å². The summed E-state index contributed by atoms with van der Waals surface area (Å²) in [5.74, 6) is 0. The second-order valence-corrected chi connectivity index (χ2v) is 14.6. The predicted molar refractivity (Wildman–Crippen MR) is 244 cm³/mol. The zero-order chi connectivity index (χ0) is 38.4. The lowest BCUT2D eigenvalue weighted by Crippen LogP contribution is -2.13. The van der Waals surface area contributed by atoms with Crippen LogP contribution < -0.4 is 9.80 Å². The molecular formula is C54H38N4. The molecule has 11 rings (SSSR count). The zero-order valence-corrected chi connectivity index (χ0v) is 31.7.